The molecule has 1 heterocycles. The van der Waals surface area contributed by atoms with Gasteiger partial charge in [0.05, 0.1) is 0 Å². The first-order chi connectivity index (χ1) is 7.70. The summed E-state index contributed by atoms with van der Waals surface area (Å²) in [5.74, 6) is -0.637. The van der Waals surface area contributed by atoms with Crippen LogP contribution in [0.4, 0.5) is 0 Å². The van der Waals surface area contributed by atoms with E-state index in [0.717, 1.165) is 32.2 Å². The number of hydrogen-bond acceptors (Lipinski definition) is 2. The molecule has 3 nitrogen and oxygen atoms in total. The van der Waals surface area contributed by atoms with E-state index >= 15 is 0 Å². The maximum atomic E-state index is 11.3. The van der Waals surface area contributed by atoms with Crippen LogP contribution in [0.2, 0.25) is 0 Å². The summed E-state index contributed by atoms with van der Waals surface area (Å²) in [6, 6.07) is 0.225. The van der Waals surface area contributed by atoms with Crippen molar-refractivity contribution in [2.45, 2.75) is 70.9 Å². The second kappa shape index (κ2) is 6.89. The maximum absolute atomic E-state index is 11.3. The van der Waals surface area contributed by atoms with Crippen molar-refractivity contribution in [1.29, 1.82) is 0 Å². The van der Waals surface area contributed by atoms with Gasteiger partial charge < -0.3 is 5.11 Å². The minimum Gasteiger partial charge on any atom is -0.480 e. The molecule has 1 fully saturated rings. The molecule has 1 aliphatic rings. The Morgan fingerprint density at radius 3 is 2.69 bits per heavy atom. The van der Waals surface area contributed by atoms with E-state index in [9.17, 15) is 9.90 Å². The highest BCUT2D eigenvalue weighted by atomic mass is 16.4. The lowest BCUT2D eigenvalue weighted by Gasteiger charge is -2.34. The minimum absolute atomic E-state index is 0.256. The number of hydrogen-bond donors (Lipinski definition) is 1. The zero-order chi connectivity index (χ0) is 12.0. The summed E-state index contributed by atoms with van der Waals surface area (Å²) in [4.78, 5) is 13.6. The summed E-state index contributed by atoms with van der Waals surface area (Å²) in [7, 11) is 0. The highest BCUT2D eigenvalue weighted by molar-refractivity contribution is 5.73. The molecule has 0 amide bonds. The lowest BCUT2D eigenvalue weighted by Crippen LogP contribution is -2.47. The molecule has 0 aliphatic carbocycles. The van der Waals surface area contributed by atoms with Crippen LogP contribution in [0.5, 0.6) is 0 Å². The van der Waals surface area contributed by atoms with E-state index in [-0.39, 0.29) is 6.04 Å². The molecule has 0 aromatic carbocycles. The number of carboxylic acid groups (broad SMARTS) is 1. The van der Waals surface area contributed by atoms with Gasteiger partial charge >= 0.3 is 5.97 Å². The van der Waals surface area contributed by atoms with Crippen LogP contribution >= 0.6 is 0 Å². The van der Waals surface area contributed by atoms with Crippen molar-refractivity contribution in [1.82, 2.24) is 4.90 Å². The molecule has 1 N–H and O–H groups in total. The van der Waals surface area contributed by atoms with E-state index in [2.05, 4.69) is 18.7 Å². The van der Waals surface area contributed by atoms with E-state index in [1.165, 1.54) is 19.3 Å². The van der Waals surface area contributed by atoms with Crippen molar-refractivity contribution in [3.05, 3.63) is 0 Å². The van der Waals surface area contributed by atoms with Crippen molar-refractivity contribution in [2.75, 3.05) is 6.54 Å². The Morgan fingerprint density at radius 1 is 1.38 bits per heavy atom. The first-order valence-corrected chi connectivity index (χ1v) is 6.69. The molecule has 1 aliphatic heterocycles. The molecule has 94 valence electrons. The molecule has 2 atom stereocenters. The van der Waals surface area contributed by atoms with Crippen LogP contribution in [0.3, 0.4) is 0 Å². The van der Waals surface area contributed by atoms with E-state index in [1.54, 1.807) is 0 Å². The van der Waals surface area contributed by atoms with Gasteiger partial charge in [-0.25, -0.2) is 0 Å². The molecule has 0 radical (unpaired) electrons. The molecule has 0 spiro atoms. The second-order valence-electron chi connectivity index (χ2n) is 4.79. The van der Waals surface area contributed by atoms with Crippen LogP contribution in [-0.2, 0) is 4.79 Å². The van der Waals surface area contributed by atoms with Crippen molar-refractivity contribution in [3.8, 4) is 0 Å². The Labute approximate surface area is 98.8 Å². The molecule has 2 unspecified atom stereocenters. The number of carboxylic acids is 1. The summed E-state index contributed by atoms with van der Waals surface area (Å²) >= 11 is 0. The summed E-state index contributed by atoms with van der Waals surface area (Å²) in [5.41, 5.74) is 0. The van der Waals surface area contributed by atoms with Crippen LogP contribution in [0.15, 0.2) is 0 Å². The Balaban J connectivity index is 2.72. The monoisotopic (exact) mass is 227 g/mol. The molecule has 1 saturated heterocycles. The van der Waals surface area contributed by atoms with E-state index in [4.69, 9.17) is 0 Å². The van der Waals surface area contributed by atoms with Crippen LogP contribution in [0, 0.1) is 0 Å². The molecule has 0 aromatic heterocycles. The van der Waals surface area contributed by atoms with Crippen LogP contribution < -0.4 is 0 Å². The number of carbonyl (C=O) groups is 1. The van der Waals surface area contributed by atoms with Gasteiger partial charge in [-0.2, -0.15) is 0 Å². The van der Waals surface area contributed by atoms with Gasteiger partial charge in [0.2, 0.25) is 0 Å². The fourth-order valence-electron chi connectivity index (χ4n) is 2.75. The first kappa shape index (κ1) is 13.5. The topological polar surface area (TPSA) is 40.5 Å². The molecule has 16 heavy (non-hydrogen) atoms. The third kappa shape index (κ3) is 3.48. The molecule has 1 rings (SSSR count). The zero-order valence-electron chi connectivity index (χ0n) is 10.6. The van der Waals surface area contributed by atoms with Gasteiger partial charge in [0.1, 0.15) is 6.04 Å². The van der Waals surface area contributed by atoms with Crippen LogP contribution in [0.1, 0.15) is 58.8 Å². The second-order valence-corrected chi connectivity index (χ2v) is 4.79. The predicted octanol–water partition coefficient (Wildman–Crippen LogP) is 2.89. The summed E-state index contributed by atoms with van der Waals surface area (Å²) < 4.78 is 0. The van der Waals surface area contributed by atoms with Crippen molar-refractivity contribution < 1.29 is 9.90 Å². The van der Waals surface area contributed by atoms with Gasteiger partial charge in [0, 0.05) is 6.04 Å². The van der Waals surface area contributed by atoms with E-state index < -0.39 is 5.97 Å². The SMILES string of the molecule is CCCC(C(=O)O)N1CCCCCC1CC. The molecular weight excluding hydrogens is 202 g/mol. The Hall–Kier alpha value is -0.570. The van der Waals surface area contributed by atoms with E-state index in [0.29, 0.717) is 6.04 Å². The van der Waals surface area contributed by atoms with Crippen molar-refractivity contribution in [3.63, 3.8) is 0 Å². The maximum Gasteiger partial charge on any atom is 0.320 e. The number of aliphatic carboxylic acids is 1. The molecule has 0 bridgehead atoms. The van der Waals surface area contributed by atoms with Gasteiger partial charge in [-0.05, 0) is 32.2 Å². The minimum atomic E-state index is -0.637. The summed E-state index contributed by atoms with van der Waals surface area (Å²) in [6.45, 7) is 5.21. The van der Waals surface area contributed by atoms with Gasteiger partial charge in [-0.15, -0.1) is 0 Å². The van der Waals surface area contributed by atoms with E-state index in [1.807, 2.05) is 0 Å². The first-order valence-electron chi connectivity index (χ1n) is 6.69. The Morgan fingerprint density at radius 2 is 2.12 bits per heavy atom. The summed E-state index contributed by atoms with van der Waals surface area (Å²) in [6.07, 6.45) is 7.65. The zero-order valence-corrected chi connectivity index (χ0v) is 10.6. The lowest BCUT2D eigenvalue weighted by atomic mass is 10.0. The van der Waals surface area contributed by atoms with Gasteiger partial charge in [-0.1, -0.05) is 33.1 Å². The predicted molar refractivity (Wildman–Crippen MR) is 65.6 cm³/mol. The van der Waals surface area contributed by atoms with Crippen molar-refractivity contribution >= 4 is 5.97 Å². The summed E-state index contributed by atoms with van der Waals surface area (Å²) in [5, 5.41) is 9.32. The average Bonchev–Trinajstić information content (AvgIpc) is 2.50. The fourth-order valence-corrected chi connectivity index (χ4v) is 2.75. The molecular formula is C13H25NO2. The van der Waals surface area contributed by atoms with Gasteiger partial charge in [0.25, 0.3) is 0 Å². The largest absolute Gasteiger partial charge is 0.480 e. The third-order valence-electron chi connectivity index (χ3n) is 3.64. The quantitative estimate of drug-likeness (QED) is 0.785. The highest BCUT2D eigenvalue weighted by Crippen LogP contribution is 2.23. The molecule has 0 saturated carbocycles. The Kier molecular flexibility index (Phi) is 5.81. The van der Waals surface area contributed by atoms with Gasteiger partial charge in [-0.3, -0.25) is 9.69 Å². The number of nitrogens with zero attached hydrogens (tertiary/aromatic N) is 1. The fraction of sp³-hybridized carbons (Fsp3) is 0.923. The molecule has 3 heteroatoms. The highest BCUT2D eigenvalue weighted by Gasteiger charge is 2.30. The average molecular weight is 227 g/mol. The normalized spacial score (nSPS) is 25.0. The standard InChI is InChI=1S/C13H25NO2/c1-3-8-12(13(15)16)14-10-7-5-6-9-11(14)4-2/h11-12H,3-10H2,1-2H3,(H,15,16). The number of likely N-dealkylation sites (tertiary alicyclic amines) is 1. The smallest absolute Gasteiger partial charge is 0.320 e. The van der Waals surface area contributed by atoms with Crippen molar-refractivity contribution in [2.24, 2.45) is 0 Å². The van der Waals surface area contributed by atoms with Crippen LogP contribution in [-0.4, -0.2) is 34.6 Å². The van der Waals surface area contributed by atoms with Crippen LogP contribution in [0.25, 0.3) is 0 Å². The molecule has 0 aromatic rings. The van der Waals surface area contributed by atoms with Gasteiger partial charge in [0.15, 0.2) is 0 Å². The third-order valence-corrected chi connectivity index (χ3v) is 3.64. The number of rotatable bonds is 5. The Bertz CT molecular complexity index is 218. The lowest BCUT2D eigenvalue weighted by molar-refractivity contribution is -0.144.